The fourth-order valence-corrected chi connectivity index (χ4v) is 5.10. The normalized spacial score (nSPS) is 22.9. The van der Waals surface area contributed by atoms with Gasteiger partial charge in [0.05, 0.1) is 5.41 Å². The second-order valence-corrected chi connectivity index (χ2v) is 13.6. The van der Waals surface area contributed by atoms with Crippen LogP contribution in [0.2, 0.25) is 5.02 Å². The molecule has 4 unspecified atom stereocenters. The Morgan fingerprint density at radius 1 is 1.00 bits per heavy atom. The maximum absolute atomic E-state index is 13.5. The highest BCUT2D eigenvalue weighted by Gasteiger charge is 2.37. The smallest absolute Gasteiger partial charge is 0.347 e. The highest BCUT2D eigenvalue weighted by Crippen LogP contribution is 2.24. The van der Waals surface area contributed by atoms with Crippen LogP contribution in [0, 0.1) is 31.1 Å². The molecule has 46 heavy (non-hydrogen) atoms. The number of cyclic esters (lactones) is 2. The molecule has 0 aliphatic carbocycles. The van der Waals surface area contributed by atoms with Gasteiger partial charge >= 0.3 is 11.9 Å². The van der Waals surface area contributed by atoms with E-state index in [1.807, 2.05) is 83.2 Å². The molecule has 0 fully saturated rings. The highest BCUT2D eigenvalue weighted by atomic mass is 35.5. The van der Waals surface area contributed by atoms with Crippen molar-refractivity contribution in [2.24, 2.45) is 17.3 Å². The van der Waals surface area contributed by atoms with E-state index < -0.39 is 47.4 Å². The summed E-state index contributed by atoms with van der Waals surface area (Å²) in [5.41, 5.74) is 2.64. The first-order valence-electron chi connectivity index (χ1n) is 15.8. The molecule has 2 amide bonds. The predicted octanol–water partition coefficient (Wildman–Crippen LogP) is 6.31. The van der Waals surface area contributed by atoms with E-state index in [2.05, 4.69) is 10.6 Å². The van der Waals surface area contributed by atoms with E-state index in [1.54, 1.807) is 26.0 Å². The van der Waals surface area contributed by atoms with E-state index in [-0.39, 0.29) is 37.6 Å². The van der Waals surface area contributed by atoms with Crippen LogP contribution in [0.5, 0.6) is 0 Å². The Morgan fingerprint density at radius 3 is 2.39 bits per heavy atom. The fraction of sp³-hybridized carbons (Fsp3) is 0.459. The number of carbonyl (C=O) groups is 4. The maximum Gasteiger partial charge on any atom is 0.347 e. The molecular formula is C37H47ClN2O6. The topological polar surface area (TPSA) is 111 Å². The van der Waals surface area contributed by atoms with Gasteiger partial charge in [-0.15, -0.1) is 0 Å². The number of hydrogen-bond acceptors (Lipinski definition) is 6. The number of esters is 2. The van der Waals surface area contributed by atoms with Gasteiger partial charge in [0.15, 0.2) is 6.10 Å². The number of aryl methyl sites for hydroxylation is 2. The molecule has 0 radical (unpaired) electrons. The minimum atomic E-state index is -1.17. The molecule has 2 N–H and O–H groups in total. The van der Waals surface area contributed by atoms with Gasteiger partial charge in [-0.25, -0.2) is 4.79 Å². The summed E-state index contributed by atoms with van der Waals surface area (Å²) in [5.74, 6) is -2.43. The van der Waals surface area contributed by atoms with Gasteiger partial charge in [-0.05, 0) is 74.4 Å². The molecule has 8 nitrogen and oxygen atoms in total. The molecule has 0 spiro atoms. The van der Waals surface area contributed by atoms with Crippen LogP contribution in [-0.4, -0.2) is 48.5 Å². The molecule has 2 aromatic rings. The first kappa shape index (κ1) is 36.6. The van der Waals surface area contributed by atoms with Gasteiger partial charge in [0.25, 0.3) is 0 Å². The third-order valence-corrected chi connectivity index (χ3v) is 8.43. The van der Waals surface area contributed by atoms with E-state index >= 15 is 0 Å². The van der Waals surface area contributed by atoms with Crippen molar-refractivity contribution >= 4 is 41.4 Å². The minimum Gasteiger partial charge on any atom is -0.459 e. The van der Waals surface area contributed by atoms with Crippen LogP contribution in [-0.2, 0) is 35.1 Å². The lowest BCUT2D eigenvalue weighted by atomic mass is 9.93. The number of ether oxygens (including phenoxy) is 2. The quantitative estimate of drug-likeness (QED) is 0.340. The van der Waals surface area contributed by atoms with Crippen molar-refractivity contribution in [3.8, 4) is 0 Å². The van der Waals surface area contributed by atoms with Crippen LogP contribution >= 0.6 is 11.6 Å². The maximum atomic E-state index is 13.5. The Bertz CT molecular complexity index is 1460. The Labute approximate surface area is 278 Å². The molecule has 0 bridgehead atoms. The largest absolute Gasteiger partial charge is 0.459 e. The summed E-state index contributed by atoms with van der Waals surface area (Å²) in [6.07, 6.45) is 5.82. The van der Waals surface area contributed by atoms with E-state index in [0.29, 0.717) is 5.02 Å². The van der Waals surface area contributed by atoms with Crippen molar-refractivity contribution in [2.75, 3.05) is 6.54 Å². The van der Waals surface area contributed by atoms with Gasteiger partial charge in [0.2, 0.25) is 11.8 Å². The van der Waals surface area contributed by atoms with Crippen molar-refractivity contribution in [1.29, 1.82) is 0 Å². The lowest BCUT2D eigenvalue weighted by molar-refractivity contribution is -0.178. The number of hydrogen-bond donors (Lipinski definition) is 2. The van der Waals surface area contributed by atoms with Crippen molar-refractivity contribution in [3.05, 3.63) is 88.0 Å². The average molecular weight is 651 g/mol. The third-order valence-electron chi connectivity index (χ3n) is 8.02. The molecule has 9 heteroatoms. The molecule has 0 aromatic heterocycles. The first-order chi connectivity index (χ1) is 21.7. The second kappa shape index (κ2) is 16.6. The van der Waals surface area contributed by atoms with Gasteiger partial charge in [0, 0.05) is 30.3 Å². The van der Waals surface area contributed by atoms with Crippen LogP contribution in [0.25, 0.3) is 6.08 Å². The molecule has 1 aliphatic heterocycles. The molecule has 1 heterocycles. The summed E-state index contributed by atoms with van der Waals surface area (Å²) >= 11 is 6.32. The summed E-state index contributed by atoms with van der Waals surface area (Å²) in [7, 11) is 0. The Hall–Kier alpha value is -3.91. The second-order valence-electron chi connectivity index (χ2n) is 13.2. The van der Waals surface area contributed by atoms with Crippen LogP contribution in [0.1, 0.15) is 69.7 Å². The molecule has 0 saturated carbocycles. The van der Waals surface area contributed by atoms with Crippen LogP contribution in [0.3, 0.4) is 0 Å². The zero-order valence-corrected chi connectivity index (χ0v) is 28.6. The van der Waals surface area contributed by atoms with Crippen molar-refractivity contribution in [1.82, 2.24) is 10.6 Å². The molecule has 2 aromatic carbocycles. The summed E-state index contributed by atoms with van der Waals surface area (Å²) in [6, 6.07) is 12.5. The Kier molecular flexibility index (Phi) is 13.2. The Morgan fingerprint density at radius 2 is 1.72 bits per heavy atom. The molecule has 1 aliphatic rings. The molecule has 248 valence electrons. The summed E-state index contributed by atoms with van der Waals surface area (Å²) < 4.78 is 11.8. The minimum absolute atomic E-state index is 0.0372. The van der Waals surface area contributed by atoms with E-state index in [1.165, 1.54) is 6.08 Å². The van der Waals surface area contributed by atoms with Gasteiger partial charge in [0.1, 0.15) is 12.1 Å². The molecular weight excluding hydrogens is 604 g/mol. The molecule has 4 atom stereocenters. The first-order valence-corrected chi connectivity index (χ1v) is 16.2. The van der Waals surface area contributed by atoms with Crippen molar-refractivity contribution in [3.63, 3.8) is 0 Å². The van der Waals surface area contributed by atoms with Gasteiger partial charge < -0.3 is 20.1 Å². The third kappa shape index (κ3) is 10.9. The van der Waals surface area contributed by atoms with Crippen LogP contribution in [0.4, 0.5) is 0 Å². The lowest BCUT2D eigenvalue weighted by Crippen LogP contribution is -2.51. The van der Waals surface area contributed by atoms with Crippen LogP contribution in [0.15, 0.2) is 60.7 Å². The number of halogens is 1. The Balaban J connectivity index is 1.95. The monoisotopic (exact) mass is 650 g/mol. The van der Waals surface area contributed by atoms with Gasteiger partial charge in [-0.3, -0.25) is 14.4 Å². The highest BCUT2D eigenvalue weighted by molar-refractivity contribution is 6.31. The van der Waals surface area contributed by atoms with E-state index in [0.717, 1.165) is 22.3 Å². The summed E-state index contributed by atoms with van der Waals surface area (Å²) in [5, 5.41) is 6.13. The van der Waals surface area contributed by atoms with Crippen molar-refractivity contribution in [2.45, 2.75) is 86.0 Å². The predicted molar refractivity (Wildman–Crippen MR) is 181 cm³/mol. The average Bonchev–Trinajstić information content (AvgIpc) is 2.99. The van der Waals surface area contributed by atoms with Crippen LogP contribution < -0.4 is 10.6 Å². The number of carbonyl (C=O) groups excluding carboxylic acids is 4. The zero-order valence-electron chi connectivity index (χ0n) is 27.9. The van der Waals surface area contributed by atoms with E-state index in [9.17, 15) is 19.2 Å². The fourth-order valence-electron chi connectivity index (χ4n) is 4.90. The van der Waals surface area contributed by atoms with Crippen molar-refractivity contribution < 1.29 is 28.7 Å². The number of rotatable bonds is 7. The lowest BCUT2D eigenvalue weighted by Gasteiger charge is -2.29. The number of benzene rings is 2. The summed E-state index contributed by atoms with van der Waals surface area (Å²) in [6.45, 7) is 12.9. The van der Waals surface area contributed by atoms with Gasteiger partial charge in [-0.2, -0.15) is 0 Å². The SMILES string of the molecule is Cc1ccc(CC2NC(=O)/C=C/CC(C(C)/C=C/c3ccccc3C)OC(=O)C(CC(C)C)OC(=O)C(C)(C)CNC2=O)cc1Cl. The van der Waals surface area contributed by atoms with Gasteiger partial charge in [-0.1, -0.05) is 87.0 Å². The number of nitrogens with one attached hydrogen (secondary N) is 2. The zero-order chi connectivity index (χ0) is 34.0. The number of amides is 2. The molecule has 3 rings (SSSR count). The molecule has 0 saturated heterocycles. The standard InChI is InChI=1S/C37H47ClN2O6/c1-23(2)19-32-35(43)45-31(26(5)16-18-28-12-9-8-11-24(28)3)13-10-14-33(41)40-30(21-27-17-15-25(4)29(38)20-27)34(42)39-22-37(6,7)36(44)46-32/h8-12,14-18,20,23,26,30-32H,13,19,21-22H2,1-7H3,(H,39,42)(H,40,41)/b14-10+,18-16+. The summed E-state index contributed by atoms with van der Waals surface area (Å²) in [4.78, 5) is 53.4. The van der Waals surface area contributed by atoms with E-state index in [4.69, 9.17) is 21.1 Å².